The maximum absolute atomic E-state index is 14.1. The van der Waals surface area contributed by atoms with Crippen molar-refractivity contribution < 1.29 is 9.18 Å². The molecule has 0 radical (unpaired) electrons. The molecular weight excluding hydrogens is 293 g/mol. The quantitative estimate of drug-likeness (QED) is 0.808. The van der Waals surface area contributed by atoms with E-state index in [2.05, 4.69) is 4.98 Å². The molecule has 2 aromatic heterocycles. The van der Waals surface area contributed by atoms with E-state index in [1.807, 2.05) is 29.0 Å². The van der Waals surface area contributed by atoms with E-state index in [1.54, 1.807) is 6.20 Å². The number of halogens is 2. The van der Waals surface area contributed by atoms with Gasteiger partial charge in [0.05, 0.1) is 17.6 Å². The van der Waals surface area contributed by atoms with Gasteiger partial charge in [0.15, 0.2) is 0 Å². The molecule has 0 aliphatic rings. The molecule has 0 saturated heterocycles. The highest BCUT2D eigenvalue weighted by Crippen LogP contribution is 2.24. The maximum atomic E-state index is 14.1. The number of nitrogens with two attached hydrogens (primary N) is 1. The minimum absolute atomic E-state index is 0.0558. The maximum Gasteiger partial charge on any atom is 0.248 e. The smallest absolute Gasteiger partial charge is 0.248 e. The number of carbonyl (C=O) groups is 1. The lowest BCUT2D eigenvalue weighted by atomic mass is 10.1. The minimum atomic E-state index is -0.710. The van der Waals surface area contributed by atoms with Gasteiger partial charge in [-0.3, -0.25) is 9.78 Å². The van der Waals surface area contributed by atoms with Crippen LogP contribution < -0.4 is 5.73 Å². The van der Waals surface area contributed by atoms with E-state index in [9.17, 15) is 9.18 Å². The Morgan fingerprint density at radius 1 is 1.38 bits per heavy atom. The summed E-state index contributed by atoms with van der Waals surface area (Å²) in [5.74, 6) is -1.26. The number of hydrogen-bond acceptors (Lipinski definition) is 2. The van der Waals surface area contributed by atoms with E-state index >= 15 is 0 Å². The van der Waals surface area contributed by atoms with Gasteiger partial charge in [0.1, 0.15) is 5.82 Å². The van der Waals surface area contributed by atoms with Crippen molar-refractivity contribution in [3.63, 3.8) is 0 Å². The molecule has 2 N–H and O–H groups in total. The number of nitrogens with zero attached hydrogens (tertiary/aromatic N) is 2. The fraction of sp³-hybridized carbons (Fsp3) is 0.0667. The van der Waals surface area contributed by atoms with Crippen LogP contribution >= 0.6 is 11.6 Å². The Labute approximate surface area is 125 Å². The van der Waals surface area contributed by atoms with Crippen LogP contribution in [-0.2, 0) is 6.54 Å². The molecule has 3 rings (SSSR count). The first kappa shape index (κ1) is 13.6. The van der Waals surface area contributed by atoms with Crippen molar-refractivity contribution >= 4 is 28.5 Å². The van der Waals surface area contributed by atoms with Crippen LogP contribution in [-0.4, -0.2) is 15.5 Å². The van der Waals surface area contributed by atoms with Crippen LogP contribution in [0, 0.1) is 5.82 Å². The van der Waals surface area contributed by atoms with Gasteiger partial charge in [-0.05, 0) is 30.3 Å². The second kappa shape index (κ2) is 5.18. The van der Waals surface area contributed by atoms with E-state index in [4.69, 9.17) is 17.3 Å². The van der Waals surface area contributed by atoms with Crippen LogP contribution in [0.15, 0.2) is 42.7 Å². The number of pyridine rings is 1. The fourth-order valence-corrected chi connectivity index (χ4v) is 2.49. The Morgan fingerprint density at radius 3 is 2.90 bits per heavy atom. The summed E-state index contributed by atoms with van der Waals surface area (Å²) in [7, 11) is 0. The van der Waals surface area contributed by atoms with Crippen molar-refractivity contribution in [2.24, 2.45) is 5.73 Å². The molecule has 106 valence electrons. The number of aromatic nitrogens is 2. The van der Waals surface area contributed by atoms with E-state index in [0.717, 1.165) is 17.1 Å². The highest BCUT2D eigenvalue weighted by Gasteiger charge is 2.13. The van der Waals surface area contributed by atoms with Gasteiger partial charge in [-0.2, -0.15) is 0 Å². The summed E-state index contributed by atoms with van der Waals surface area (Å²) in [4.78, 5) is 15.3. The summed E-state index contributed by atoms with van der Waals surface area (Å²) < 4.78 is 16.0. The first-order chi connectivity index (χ1) is 10.1. The monoisotopic (exact) mass is 303 g/mol. The van der Waals surface area contributed by atoms with Crippen molar-refractivity contribution in [1.82, 2.24) is 9.55 Å². The van der Waals surface area contributed by atoms with Gasteiger partial charge in [0.25, 0.3) is 0 Å². The van der Waals surface area contributed by atoms with Crippen LogP contribution in [0.4, 0.5) is 4.39 Å². The lowest BCUT2D eigenvalue weighted by Gasteiger charge is -2.10. The molecule has 3 aromatic rings. The zero-order chi connectivity index (χ0) is 15.0. The van der Waals surface area contributed by atoms with Crippen LogP contribution in [0.1, 0.15) is 15.9 Å². The van der Waals surface area contributed by atoms with Crippen molar-refractivity contribution in [2.45, 2.75) is 6.54 Å². The third-order valence-electron chi connectivity index (χ3n) is 3.29. The molecule has 0 fully saturated rings. The van der Waals surface area contributed by atoms with Crippen LogP contribution in [0.2, 0.25) is 5.02 Å². The third-order valence-corrected chi connectivity index (χ3v) is 3.63. The Bertz CT molecular complexity index is 821. The van der Waals surface area contributed by atoms with Gasteiger partial charge < -0.3 is 10.3 Å². The first-order valence-electron chi connectivity index (χ1n) is 6.24. The average molecular weight is 304 g/mol. The molecule has 6 heteroatoms. The van der Waals surface area contributed by atoms with Gasteiger partial charge in [-0.25, -0.2) is 4.39 Å². The second-order valence-corrected chi connectivity index (χ2v) is 5.04. The van der Waals surface area contributed by atoms with Crippen LogP contribution in [0.5, 0.6) is 0 Å². The Hall–Kier alpha value is -2.40. The number of primary amides is 1. The predicted molar refractivity (Wildman–Crippen MR) is 78.8 cm³/mol. The van der Waals surface area contributed by atoms with Gasteiger partial charge in [-0.15, -0.1) is 0 Å². The van der Waals surface area contributed by atoms with Gasteiger partial charge in [0.2, 0.25) is 5.91 Å². The summed E-state index contributed by atoms with van der Waals surface area (Å²) in [6, 6.07) is 8.04. The van der Waals surface area contributed by atoms with Crippen LogP contribution in [0.3, 0.4) is 0 Å². The average Bonchev–Trinajstić information content (AvgIpc) is 2.86. The number of carbonyl (C=O) groups excluding carboxylic acids is 1. The molecule has 0 saturated carbocycles. The molecule has 0 aliphatic carbocycles. The molecule has 0 bridgehead atoms. The molecule has 1 amide bonds. The summed E-state index contributed by atoms with van der Waals surface area (Å²) in [6.07, 6.45) is 3.51. The first-order valence-corrected chi connectivity index (χ1v) is 6.61. The van der Waals surface area contributed by atoms with Gasteiger partial charge >= 0.3 is 0 Å². The van der Waals surface area contributed by atoms with E-state index < -0.39 is 11.7 Å². The summed E-state index contributed by atoms with van der Waals surface area (Å²) in [6.45, 7) is 0.249. The summed E-state index contributed by atoms with van der Waals surface area (Å²) in [5, 5.41) is 0.176. The molecule has 0 unspecified atom stereocenters. The molecule has 4 nitrogen and oxygen atoms in total. The highest BCUT2D eigenvalue weighted by atomic mass is 35.5. The predicted octanol–water partition coefficient (Wildman–Crippen LogP) is 2.98. The number of hydrogen-bond donors (Lipinski definition) is 1. The van der Waals surface area contributed by atoms with Gasteiger partial charge in [0, 0.05) is 28.5 Å². The Morgan fingerprint density at radius 2 is 2.19 bits per heavy atom. The second-order valence-electron chi connectivity index (χ2n) is 4.63. The standard InChI is InChI=1S/C15H11ClFN3O/c16-11-6-9(15(18)21)7-12(17)10(11)8-20-5-3-13-14(20)2-1-4-19-13/h1-7H,8H2,(H2,18,21). The summed E-state index contributed by atoms with van der Waals surface area (Å²) >= 11 is 6.07. The molecule has 0 aliphatic heterocycles. The lowest BCUT2D eigenvalue weighted by Crippen LogP contribution is -2.12. The fourth-order valence-electron chi connectivity index (χ4n) is 2.23. The molecule has 2 heterocycles. The van der Waals surface area contributed by atoms with Gasteiger partial charge in [-0.1, -0.05) is 11.6 Å². The number of benzene rings is 1. The molecule has 1 aromatic carbocycles. The largest absolute Gasteiger partial charge is 0.366 e. The third kappa shape index (κ3) is 2.48. The minimum Gasteiger partial charge on any atom is -0.366 e. The van der Waals surface area contributed by atoms with E-state index in [1.165, 1.54) is 6.07 Å². The zero-order valence-corrected chi connectivity index (χ0v) is 11.6. The van der Waals surface area contributed by atoms with E-state index in [-0.39, 0.29) is 17.1 Å². The van der Waals surface area contributed by atoms with Crippen molar-refractivity contribution in [3.05, 3.63) is 64.7 Å². The molecular formula is C15H11ClFN3O. The number of rotatable bonds is 3. The molecule has 0 spiro atoms. The Balaban J connectivity index is 2.04. The topological polar surface area (TPSA) is 60.9 Å². The SMILES string of the molecule is NC(=O)c1cc(F)c(Cn2ccc3ncccc32)c(Cl)c1. The normalized spacial score (nSPS) is 11.0. The van der Waals surface area contributed by atoms with Crippen molar-refractivity contribution in [2.75, 3.05) is 0 Å². The number of amides is 1. The van der Waals surface area contributed by atoms with Crippen molar-refractivity contribution in [1.29, 1.82) is 0 Å². The van der Waals surface area contributed by atoms with Crippen molar-refractivity contribution in [3.8, 4) is 0 Å². The zero-order valence-electron chi connectivity index (χ0n) is 10.9. The molecule has 0 atom stereocenters. The summed E-state index contributed by atoms with van der Waals surface area (Å²) in [5.41, 5.74) is 7.20. The molecule has 21 heavy (non-hydrogen) atoms. The van der Waals surface area contributed by atoms with E-state index in [0.29, 0.717) is 5.56 Å². The Kier molecular flexibility index (Phi) is 3.35. The van der Waals surface area contributed by atoms with Crippen LogP contribution in [0.25, 0.3) is 11.0 Å². The number of fused-ring (bicyclic) bond motifs is 1. The lowest BCUT2D eigenvalue weighted by molar-refractivity contribution is 0.1000. The highest BCUT2D eigenvalue weighted by molar-refractivity contribution is 6.31.